The molecule has 1 amide bonds. The number of benzene rings is 2. The van der Waals surface area contributed by atoms with Crippen LogP contribution in [-0.2, 0) is 4.79 Å². The van der Waals surface area contributed by atoms with Gasteiger partial charge in [0, 0.05) is 30.4 Å². The zero-order chi connectivity index (χ0) is 20.8. The highest BCUT2D eigenvalue weighted by Crippen LogP contribution is 2.29. The van der Waals surface area contributed by atoms with Crippen molar-refractivity contribution in [3.8, 4) is 5.75 Å². The lowest BCUT2D eigenvalue weighted by molar-refractivity contribution is -0.118. The van der Waals surface area contributed by atoms with Crippen molar-refractivity contribution in [2.75, 3.05) is 30.9 Å². The molecular formula is C22H24N4O2S2. The number of fused-ring (bicyclic) bond motifs is 1. The SMILES string of the molecule is COc1cc(N2CCCCC2)ccc1/C=N/NC(=O)CSc1nc2ccccc2s1. The van der Waals surface area contributed by atoms with Crippen LogP contribution in [0.5, 0.6) is 5.75 Å². The predicted octanol–water partition coefficient (Wildman–Crippen LogP) is 4.54. The lowest BCUT2D eigenvalue weighted by atomic mass is 10.1. The number of carbonyl (C=O) groups is 1. The molecule has 0 unspecified atom stereocenters. The number of carbonyl (C=O) groups excluding carboxylic acids is 1. The normalized spacial score (nSPS) is 14.4. The molecule has 0 bridgehead atoms. The molecule has 8 heteroatoms. The summed E-state index contributed by atoms with van der Waals surface area (Å²) in [7, 11) is 1.65. The van der Waals surface area contributed by atoms with Crippen LogP contribution in [0, 0.1) is 0 Å². The number of nitrogens with zero attached hydrogens (tertiary/aromatic N) is 3. The van der Waals surface area contributed by atoms with Gasteiger partial charge in [-0.25, -0.2) is 10.4 Å². The van der Waals surface area contributed by atoms with E-state index < -0.39 is 0 Å². The highest BCUT2D eigenvalue weighted by Gasteiger charge is 2.13. The van der Waals surface area contributed by atoms with Crippen LogP contribution in [0.15, 0.2) is 51.9 Å². The first-order chi connectivity index (χ1) is 14.7. The third kappa shape index (κ3) is 5.12. The summed E-state index contributed by atoms with van der Waals surface area (Å²) in [6, 6.07) is 14.1. The van der Waals surface area contributed by atoms with E-state index in [0.717, 1.165) is 39.0 Å². The molecular weight excluding hydrogens is 416 g/mol. The van der Waals surface area contributed by atoms with E-state index in [1.807, 2.05) is 36.4 Å². The van der Waals surface area contributed by atoms with Crippen LogP contribution in [0.25, 0.3) is 10.2 Å². The number of thiazole rings is 1. The summed E-state index contributed by atoms with van der Waals surface area (Å²) in [4.78, 5) is 19.0. The Labute approximate surface area is 184 Å². The Morgan fingerprint density at radius 1 is 1.27 bits per heavy atom. The van der Waals surface area contributed by atoms with Gasteiger partial charge in [0.05, 0.1) is 29.3 Å². The Kier molecular flexibility index (Phi) is 6.86. The minimum atomic E-state index is -0.167. The van der Waals surface area contributed by atoms with Crippen LogP contribution in [0.1, 0.15) is 24.8 Å². The van der Waals surface area contributed by atoms with Gasteiger partial charge in [-0.15, -0.1) is 11.3 Å². The van der Waals surface area contributed by atoms with Crippen molar-refractivity contribution in [3.63, 3.8) is 0 Å². The Balaban J connectivity index is 1.32. The molecule has 4 rings (SSSR count). The molecule has 0 radical (unpaired) electrons. The molecule has 1 aromatic heterocycles. The van der Waals surface area contributed by atoms with Crippen LogP contribution >= 0.6 is 23.1 Å². The minimum absolute atomic E-state index is 0.167. The van der Waals surface area contributed by atoms with Crippen LogP contribution in [-0.4, -0.2) is 43.1 Å². The standard InChI is InChI=1S/C22H24N4O2S2/c1-28-19-13-17(26-11-5-2-6-12-26)10-9-16(19)14-23-25-21(27)15-29-22-24-18-7-3-4-8-20(18)30-22/h3-4,7-10,13-14H,2,5-6,11-12,15H2,1H3,(H,25,27)/b23-14+. The van der Waals surface area contributed by atoms with Crippen LogP contribution < -0.4 is 15.1 Å². The highest BCUT2D eigenvalue weighted by molar-refractivity contribution is 8.01. The van der Waals surface area contributed by atoms with Gasteiger partial charge in [-0.05, 0) is 43.5 Å². The molecule has 0 atom stereocenters. The number of piperidine rings is 1. The molecule has 0 spiro atoms. The highest BCUT2D eigenvalue weighted by atomic mass is 32.2. The first-order valence-electron chi connectivity index (χ1n) is 9.96. The monoisotopic (exact) mass is 440 g/mol. The number of thioether (sulfide) groups is 1. The quantitative estimate of drug-likeness (QED) is 0.332. The van der Waals surface area contributed by atoms with E-state index in [1.165, 1.54) is 36.7 Å². The number of hydrogen-bond acceptors (Lipinski definition) is 7. The third-order valence-electron chi connectivity index (χ3n) is 4.93. The fraction of sp³-hybridized carbons (Fsp3) is 0.318. The fourth-order valence-corrected chi connectivity index (χ4v) is 5.26. The van der Waals surface area contributed by atoms with Gasteiger partial charge in [-0.2, -0.15) is 5.10 Å². The van der Waals surface area contributed by atoms with Gasteiger partial charge in [-0.1, -0.05) is 23.9 Å². The summed E-state index contributed by atoms with van der Waals surface area (Å²) in [5, 5.41) is 4.10. The molecule has 156 valence electrons. The molecule has 1 aliphatic heterocycles. The van der Waals surface area contributed by atoms with Crippen molar-refractivity contribution in [2.45, 2.75) is 23.6 Å². The van der Waals surface area contributed by atoms with E-state index >= 15 is 0 Å². The zero-order valence-electron chi connectivity index (χ0n) is 16.8. The number of para-hydroxylation sites is 1. The molecule has 1 saturated heterocycles. The van der Waals surface area contributed by atoms with Crippen LogP contribution in [0.4, 0.5) is 5.69 Å². The van der Waals surface area contributed by atoms with Crippen molar-refractivity contribution in [2.24, 2.45) is 5.10 Å². The molecule has 1 aliphatic rings. The van der Waals surface area contributed by atoms with Crippen LogP contribution in [0.2, 0.25) is 0 Å². The fourth-order valence-electron chi connectivity index (χ4n) is 3.40. The average molecular weight is 441 g/mol. The molecule has 0 saturated carbocycles. The summed E-state index contributed by atoms with van der Waals surface area (Å²) in [5.41, 5.74) is 5.54. The largest absolute Gasteiger partial charge is 0.496 e. The Hall–Kier alpha value is -2.58. The molecule has 2 aromatic carbocycles. The average Bonchev–Trinajstić information content (AvgIpc) is 3.21. The first-order valence-corrected chi connectivity index (χ1v) is 11.8. The molecule has 30 heavy (non-hydrogen) atoms. The van der Waals surface area contributed by atoms with Gasteiger partial charge in [0.15, 0.2) is 4.34 Å². The summed E-state index contributed by atoms with van der Waals surface area (Å²) in [6.07, 6.45) is 5.38. The minimum Gasteiger partial charge on any atom is -0.496 e. The first kappa shape index (κ1) is 20.7. The summed E-state index contributed by atoms with van der Waals surface area (Å²) in [5.74, 6) is 0.849. The number of rotatable bonds is 7. The lowest BCUT2D eigenvalue weighted by Crippen LogP contribution is -2.29. The number of amides is 1. The van der Waals surface area contributed by atoms with E-state index in [-0.39, 0.29) is 11.7 Å². The number of nitrogens with one attached hydrogen (secondary N) is 1. The van der Waals surface area contributed by atoms with E-state index in [1.54, 1.807) is 24.7 Å². The second kappa shape index (κ2) is 9.95. The van der Waals surface area contributed by atoms with Gasteiger partial charge in [-0.3, -0.25) is 4.79 Å². The van der Waals surface area contributed by atoms with Gasteiger partial charge >= 0.3 is 0 Å². The van der Waals surface area contributed by atoms with Crippen molar-refractivity contribution in [1.29, 1.82) is 0 Å². The Morgan fingerprint density at radius 2 is 2.10 bits per heavy atom. The second-order valence-corrected chi connectivity index (χ2v) is 9.26. The number of anilines is 1. The zero-order valence-corrected chi connectivity index (χ0v) is 18.5. The summed E-state index contributed by atoms with van der Waals surface area (Å²) >= 11 is 3.01. The van der Waals surface area contributed by atoms with E-state index in [4.69, 9.17) is 4.74 Å². The van der Waals surface area contributed by atoms with Crippen molar-refractivity contribution < 1.29 is 9.53 Å². The number of methoxy groups -OCH3 is 1. The lowest BCUT2D eigenvalue weighted by Gasteiger charge is -2.29. The van der Waals surface area contributed by atoms with Crippen molar-refractivity contribution in [3.05, 3.63) is 48.0 Å². The van der Waals surface area contributed by atoms with Crippen LogP contribution in [0.3, 0.4) is 0 Å². The van der Waals surface area contributed by atoms with E-state index in [2.05, 4.69) is 26.5 Å². The maximum atomic E-state index is 12.1. The van der Waals surface area contributed by atoms with Crippen molar-refractivity contribution in [1.82, 2.24) is 10.4 Å². The molecule has 0 aliphatic carbocycles. The number of aromatic nitrogens is 1. The Bertz CT molecular complexity index is 1010. The van der Waals surface area contributed by atoms with Gasteiger partial charge in [0.1, 0.15) is 5.75 Å². The number of hydrogen-bond donors (Lipinski definition) is 1. The number of ether oxygens (including phenoxy) is 1. The molecule has 1 N–H and O–H groups in total. The Morgan fingerprint density at radius 3 is 2.90 bits per heavy atom. The van der Waals surface area contributed by atoms with E-state index in [0.29, 0.717) is 0 Å². The smallest absolute Gasteiger partial charge is 0.250 e. The molecule has 6 nitrogen and oxygen atoms in total. The predicted molar refractivity (Wildman–Crippen MR) is 125 cm³/mol. The van der Waals surface area contributed by atoms with Gasteiger partial charge < -0.3 is 9.64 Å². The maximum absolute atomic E-state index is 12.1. The van der Waals surface area contributed by atoms with Gasteiger partial charge in [0.25, 0.3) is 5.91 Å². The molecule has 2 heterocycles. The summed E-state index contributed by atoms with van der Waals surface area (Å²) in [6.45, 7) is 2.16. The third-order valence-corrected chi connectivity index (χ3v) is 7.11. The molecule has 1 fully saturated rings. The maximum Gasteiger partial charge on any atom is 0.250 e. The summed E-state index contributed by atoms with van der Waals surface area (Å²) < 4.78 is 7.53. The number of hydrazone groups is 1. The topological polar surface area (TPSA) is 66.8 Å². The van der Waals surface area contributed by atoms with Crippen molar-refractivity contribution >= 4 is 51.1 Å². The van der Waals surface area contributed by atoms with Gasteiger partial charge in [0.2, 0.25) is 0 Å². The molecule has 3 aromatic rings. The second-order valence-electron chi connectivity index (χ2n) is 7.00. The van der Waals surface area contributed by atoms with E-state index in [9.17, 15) is 4.79 Å².